The van der Waals surface area contributed by atoms with Crippen LogP contribution in [0.15, 0.2) is 23.2 Å². The molecule has 4 rings (SSSR count). The molecule has 1 saturated heterocycles. The van der Waals surface area contributed by atoms with E-state index in [0.29, 0.717) is 11.3 Å². The van der Waals surface area contributed by atoms with Crippen molar-refractivity contribution in [1.82, 2.24) is 5.32 Å². The van der Waals surface area contributed by atoms with Crippen molar-refractivity contribution in [2.45, 2.75) is 17.7 Å². The summed E-state index contributed by atoms with van der Waals surface area (Å²) in [5.74, 6) is 2.36. The van der Waals surface area contributed by atoms with E-state index >= 15 is 0 Å². The van der Waals surface area contributed by atoms with Gasteiger partial charge in [0, 0.05) is 28.9 Å². The van der Waals surface area contributed by atoms with Crippen molar-refractivity contribution in [3.8, 4) is 0 Å². The number of halogens is 1. The molecule has 0 saturated carbocycles. The molecule has 1 aromatic carbocycles. The molecule has 0 bridgehead atoms. The van der Waals surface area contributed by atoms with E-state index in [1.165, 1.54) is 23.4 Å². The van der Waals surface area contributed by atoms with Gasteiger partial charge in [0.05, 0.1) is 18.3 Å². The van der Waals surface area contributed by atoms with E-state index in [9.17, 15) is 0 Å². The first-order valence-electron chi connectivity index (χ1n) is 6.78. The summed E-state index contributed by atoms with van der Waals surface area (Å²) in [5, 5.41) is 4.85. The van der Waals surface area contributed by atoms with E-state index in [2.05, 4.69) is 27.3 Å². The second-order valence-electron chi connectivity index (χ2n) is 5.20. The van der Waals surface area contributed by atoms with E-state index in [0.717, 1.165) is 30.5 Å². The molecular weight excluding hydrogens is 278 g/mol. The molecule has 19 heavy (non-hydrogen) atoms. The fraction of sp³-hybridized carbons (Fsp3) is 0.500. The Morgan fingerprint density at radius 3 is 3.26 bits per heavy atom. The van der Waals surface area contributed by atoms with Crippen LogP contribution in [0.3, 0.4) is 0 Å². The Bertz CT molecular complexity index is 545. The molecule has 0 aromatic heterocycles. The quantitative estimate of drug-likeness (QED) is 0.908. The molecule has 3 aliphatic heterocycles. The molecule has 2 unspecified atom stereocenters. The van der Waals surface area contributed by atoms with E-state index in [1.807, 2.05) is 17.8 Å². The zero-order valence-corrected chi connectivity index (χ0v) is 12.2. The number of hydrogen-bond acceptors (Lipinski definition) is 4. The molecule has 3 heterocycles. The SMILES string of the molecule is Clc1cccc2c1C1SCCC1N2CC1=NCCN1. The first kappa shape index (κ1) is 11.9. The third-order valence-corrected chi connectivity index (χ3v) is 5.86. The molecular formula is C14H16ClN3S. The van der Waals surface area contributed by atoms with Crippen LogP contribution in [0.5, 0.6) is 0 Å². The number of thioether (sulfide) groups is 1. The summed E-state index contributed by atoms with van der Waals surface area (Å²) in [6.45, 7) is 2.79. The van der Waals surface area contributed by atoms with Gasteiger partial charge in [0.25, 0.3) is 0 Å². The normalized spacial score (nSPS) is 28.1. The Labute approximate surface area is 122 Å². The van der Waals surface area contributed by atoms with Crippen LogP contribution in [-0.4, -0.2) is 37.3 Å². The van der Waals surface area contributed by atoms with Crippen LogP contribution < -0.4 is 10.2 Å². The number of nitrogens with one attached hydrogen (secondary N) is 1. The topological polar surface area (TPSA) is 27.6 Å². The van der Waals surface area contributed by atoms with E-state index in [1.54, 1.807) is 0 Å². The van der Waals surface area contributed by atoms with Crippen molar-refractivity contribution in [2.75, 3.05) is 30.3 Å². The van der Waals surface area contributed by atoms with Gasteiger partial charge in [-0.1, -0.05) is 17.7 Å². The highest BCUT2D eigenvalue weighted by molar-refractivity contribution is 7.99. The lowest BCUT2D eigenvalue weighted by Gasteiger charge is -2.26. The second-order valence-corrected chi connectivity index (χ2v) is 6.86. The minimum absolute atomic E-state index is 0.547. The van der Waals surface area contributed by atoms with Gasteiger partial charge in [0.2, 0.25) is 0 Å². The first-order chi connectivity index (χ1) is 9.34. The maximum Gasteiger partial charge on any atom is 0.116 e. The van der Waals surface area contributed by atoms with Gasteiger partial charge in [-0.25, -0.2) is 0 Å². The lowest BCUT2D eigenvalue weighted by molar-refractivity contribution is 0.649. The zero-order valence-electron chi connectivity index (χ0n) is 10.6. The molecule has 3 nitrogen and oxygen atoms in total. The summed E-state index contributed by atoms with van der Waals surface area (Å²) in [5.41, 5.74) is 2.65. The third kappa shape index (κ3) is 1.84. The van der Waals surface area contributed by atoms with Crippen LogP contribution >= 0.6 is 23.4 Å². The molecule has 2 atom stereocenters. The van der Waals surface area contributed by atoms with Crippen molar-refractivity contribution in [3.05, 3.63) is 28.8 Å². The summed E-state index contributed by atoms with van der Waals surface area (Å²) in [7, 11) is 0. The molecule has 3 aliphatic rings. The van der Waals surface area contributed by atoms with Crippen molar-refractivity contribution < 1.29 is 0 Å². The highest BCUT2D eigenvalue weighted by Crippen LogP contribution is 2.54. The first-order valence-corrected chi connectivity index (χ1v) is 8.21. The number of rotatable bonds is 2. The number of anilines is 1. The van der Waals surface area contributed by atoms with Gasteiger partial charge in [0.15, 0.2) is 0 Å². The minimum atomic E-state index is 0.547. The van der Waals surface area contributed by atoms with Gasteiger partial charge < -0.3 is 10.2 Å². The maximum atomic E-state index is 6.43. The summed E-state index contributed by atoms with van der Waals surface area (Å²) in [6.07, 6.45) is 1.24. The predicted molar refractivity (Wildman–Crippen MR) is 82.7 cm³/mol. The number of nitrogens with zero attached hydrogens (tertiary/aromatic N) is 2. The van der Waals surface area contributed by atoms with Crippen LogP contribution in [0.1, 0.15) is 17.2 Å². The lowest BCUT2D eigenvalue weighted by atomic mass is 10.1. The average molecular weight is 294 g/mol. The highest BCUT2D eigenvalue weighted by atomic mass is 35.5. The van der Waals surface area contributed by atoms with Crippen LogP contribution in [0.4, 0.5) is 5.69 Å². The Morgan fingerprint density at radius 1 is 1.47 bits per heavy atom. The summed E-state index contributed by atoms with van der Waals surface area (Å²) < 4.78 is 0. The van der Waals surface area contributed by atoms with Crippen LogP contribution in [-0.2, 0) is 0 Å². The van der Waals surface area contributed by atoms with E-state index < -0.39 is 0 Å². The molecule has 0 amide bonds. The summed E-state index contributed by atoms with van der Waals surface area (Å²) >= 11 is 8.48. The standard InChI is InChI=1S/C14H16ClN3S/c15-9-2-1-3-10-13(9)14-11(4-7-19-14)18(10)8-12-16-5-6-17-12/h1-3,11,14H,4-8H2,(H,16,17). The average Bonchev–Trinajstić information content (AvgIpc) is 3.10. The molecule has 5 heteroatoms. The van der Waals surface area contributed by atoms with Crippen molar-refractivity contribution in [1.29, 1.82) is 0 Å². The van der Waals surface area contributed by atoms with Gasteiger partial charge in [0.1, 0.15) is 5.84 Å². The van der Waals surface area contributed by atoms with Crippen molar-refractivity contribution >= 4 is 34.9 Å². The maximum absolute atomic E-state index is 6.43. The number of benzene rings is 1. The molecule has 1 fully saturated rings. The Kier molecular flexibility index (Phi) is 2.88. The van der Waals surface area contributed by atoms with Gasteiger partial charge in [-0.05, 0) is 24.3 Å². The van der Waals surface area contributed by atoms with Crippen LogP contribution in [0, 0.1) is 0 Å². The Morgan fingerprint density at radius 2 is 2.42 bits per heavy atom. The zero-order chi connectivity index (χ0) is 12.8. The fourth-order valence-corrected chi connectivity index (χ4v) is 5.23. The fourth-order valence-electron chi connectivity index (χ4n) is 3.33. The Hall–Kier alpha value is -0.870. The van der Waals surface area contributed by atoms with E-state index in [4.69, 9.17) is 11.6 Å². The van der Waals surface area contributed by atoms with Gasteiger partial charge in [-0.3, -0.25) is 4.99 Å². The summed E-state index contributed by atoms with van der Waals surface area (Å²) in [4.78, 5) is 7.04. The lowest BCUT2D eigenvalue weighted by Crippen LogP contribution is -2.39. The monoisotopic (exact) mass is 293 g/mol. The van der Waals surface area contributed by atoms with Crippen LogP contribution in [0.2, 0.25) is 5.02 Å². The minimum Gasteiger partial charge on any atom is -0.370 e. The Balaban J connectivity index is 1.72. The predicted octanol–water partition coefficient (Wildman–Crippen LogP) is 2.71. The molecule has 1 N–H and O–H groups in total. The molecule has 0 radical (unpaired) electrons. The highest BCUT2D eigenvalue weighted by Gasteiger charge is 2.43. The summed E-state index contributed by atoms with van der Waals surface area (Å²) in [6, 6.07) is 6.87. The number of aliphatic imine (C=N–C) groups is 1. The number of hydrogen-bond donors (Lipinski definition) is 1. The third-order valence-electron chi connectivity index (χ3n) is 4.15. The van der Waals surface area contributed by atoms with Crippen LogP contribution in [0.25, 0.3) is 0 Å². The van der Waals surface area contributed by atoms with Gasteiger partial charge in [-0.2, -0.15) is 11.8 Å². The second kappa shape index (κ2) is 4.60. The molecule has 0 spiro atoms. The van der Waals surface area contributed by atoms with Crippen molar-refractivity contribution in [3.63, 3.8) is 0 Å². The van der Waals surface area contributed by atoms with E-state index in [-0.39, 0.29) is 0 Å². The van der Waals surface area contributed by atoms with Crippen molar-refractivity contribution in [2.24, 2.45) is 4.99 Å². The largest absolute Gasteiger partial charge is 0.370 e. The molecule has 100 valence electrons. The number of amidine groups is 1. The van der Waals surface area contributed by atoms with Gasteiger partial charge in [-0.15, -0.1) is 0 Å². The van der Waals surface area contributed by atoms with Gasteiger partial charge >= 0.3 is 0 Å². The smallest absolute Gasteiger partial charge is 0.116 e. The number of fused-ring (bicyclic) bond motifs is 3. The molecule has 1 aromatic rings. The molecule has 0 aliphatic carbocycles.